The van der Waals surface area contributed by atoms with Gasteiger partial charge in [-0.05, 0) is 25.0 Å². The molecule has 1 fully saturated rings. The normalized spacial score (nSPS) is 19.1. The van der Waals surface area contributed by atoms with Crippen LogP contribution < -0.4 is 0 Å². The number of hydrogen-bond acceptors (Lipinski definition) is 4. The summed E-state index contributed by atoms with van der Waals surface area (Å²) in [7, 11) is -0.823. The summed E-state index contributed by atoms with van der Waals surface area (Å²) in [5.41, 5.74) is 0.203. The van der Waals surface area contributed by atoms with E-state index in [1.165, 1.54) is 12.1 Å². The zero-order valence-electron chi connectivity index (χ0n) is 9.00. The highest BCUT2D eigenvalue weighted by molar-refractivity contribution is 8.13. The molecule has 0 saturated carbocycles. The molecule has 94 valence electrons. The Morgan fingerprint density at radius 2 is 1.76 bits per heavy atom. The van der Waals surface area contributed by atoms with Gasteiger partial charge in [0.15, 0.2) is 0 Å². The van der Waals surface area contributed by atoms with Crippen molar-refractivity contribution in [1.29, 1.82) is 0 Å². The van der Waals surface area contributed by atoms with Crippen LogP contribution in [0.4, 0.5) is 5.69 Å². The first kappa shape index (κ1) is 12.9. The first-order valence-electron chi connectivity index (χ1n) is 5.17. The minimum absolute atomic E-state index is 0.0729. The molecule has 1 saturated heterocycles. The maximum atomic E-state index is 12.2. The molecule has 0 bridgehead atoms. The average Bonchev–Trinajstić information content (AvgIpc) is 2.64. The second kappa shape index (κ2) is 4.59. The van der Waals surface area contributed by atoms with Crippen molar-refractivity contribution in [1.82, 2.24) is 0 Å². The molecular weight excluding hydrogens is 282 g/mol. The van der Waals surface area contributed by atoms with Crippen LogP contribution in [0.2, 0.25) is 0 Å². The van der Waals surface area contributed by atoms with E-state index in [0.717, 1.165) is 12.8 Å². The van der Waals surface area contributed by atoms with Crippen LogP contribution in [-0.4, -0.2) is 24.1 Å². The van der Waals surface area contributed by atoms with Gasteiger partial charge in [0.05, 0.1) is 15.4 Å². The lowest BCUT2D eigenvalue weighted by Gasteiger charge is -2.04. The van der Waals surface area contributed by atoms with E-state index in [1.807, 2.05) is 0 Å². The Bertz CT molecular complexity index is 633. The van der Waals surface area contributed by atoms with Crippen molar-refractivity contribution in [3.8, 4) is 0 Å². The average molecular weight is 294 g/mol. The first-order valence-corrected chi connectivity index (χ1v) is 9.33. The second-order valence-electron chi connectivity index (χ2n) is 3.88. The van der Waals surface area contributed by atoms with Crippen molar-refractivity contribution >= 4 is 35.1 Å². The molecule has 1 aromatic carbocycles. The third-order valence-corrected chi connectivity index (χ3v) is 6.32. The summed E-state index contributed by atoms with van der Waals surface area (Å²) in [6, 6.07) is 6.12. The summed E-state index contributed by atoms with van der Waals surface area (Å²) in [5.74, 6) is 1.06. The fraction of sp³-hybridized carbons (Fsp3) is 0.400. The van der Waals surface area contributed by atoms with Crippen molar-refractivity contribution in [3.63, 3.8) is 0 Å². The van der Waals surface area contributed by atoms with E-state index in [-0.39, 0.29) is 10.6 Å². The van der Waals surface area contributed by atoms with Crippen molar-refractivity contribution in [2.24, 2.45) is 4.36 Å². The second-order valence-corrected chi connectivity index (χ2v) is 8.96. The molecule has 0 atom stereocenters. The van der Waals surface area contributed by atoms with E-state index in [4.69, 9.17) is 10.7 Å². The topological polar surface area (TPSA) is 63.6 Å². The van der Waals surface area contributed by atoms with E-state index in [0.29, 0.717) is 11.5 Å². The molecule has 0 aromatic heterocycles. The van der Waals surface area contributed by atoms with E-state index >= 15 is 0 Å². The van der Waals surface area contributed by atoms with Crippen LogP contribution in [0, 0.1) is 0 Å². The summed E-state index contributed by atoms with van der Waals surface area (Å²) in [6.45, 7) is 0. The molecule has 0 unspecified atom stereocenters. The number of nitrogens with zero attached hydrogens (tertiary/aromatic N) is 1. The van der Waals surface area contributed by atoms with Crippen molar-refractivity contribution in [2.75, 3.05) is 11.5 Å². The molecule has 1 aliphatic heterocycles. The summed E-state index contributed by atoms with van der Waals surface area (Å²) in [4.78, 5) is -0.0729. The van der Waals surface area contributed by atoms with Crippen LogP contribution in [0.25, 0.3) is 0 Å². The zero-order valence-corrected chi connectivity index (χ0v) is 11.4. The Morgan fingerprint density at radius 1 is 1.18 bits per heavy atom. The minimum Gasteiger partial charge on any atom is -0.249 e. The third-order valence-electron chi connectivity index (χ3n) is 2.57. The molecule has 1 heterocycles. The zero-order chi connectivity index (χ0) is 12.5. The SMILES string of the molecule is O=S(=O)(Cl)c1ccccc1N=S1(=O)CCCC1. The molecule has 2 rings (SSSR count). The van der Waals surface area contributed by atoms with Crippen LogP contribution >= 0.6 is 10.7 Å². The lowest BCUT2D eigenvalue weighted by Crippen LogP contribution is -2.00. The summed E-state index contributed by atoms with van der Waals surface area (Å²) in [6.07, 6.45) is 1.75. The van der Waals surface area contributed by atoms with Crippen molar-refractivity contribution < 1.29 is 12.6 Å². The van der Waals surface area contributed by atoms with Gasteiger partial charge in [0.2, 0.25) is 0 Å². The minimum atomic E-state index is -3.85. The fourth-order valence-corrected chi connectivity index (χ4v) is 5.04. The number of halogens is 1. The van der Waals surface area contributed by atoms with Gasteiger partial charge in [0.1, 0.15) is 4.90 Å². The molecule has 0 radical (unpaired) electrons. The van der Waals surface area contributed by atoms with E-state index in [9.17, 15) is 12.6 Å². The highest BCUT2D eigenvalue weighted by Gasteiger charge is 2.20. The van der Waals surface area contributed by atoms with Gasteiger partial charge < -0.3 is 0 Å². The molecule has 7 heteroatoms. The lowest BCUT2D eigenvalue weighted by atomic mass is 10.3. The van der Waals surface area contributed by atoms with Gasteiger partial charge in [0, 0.05) is 22.2 Å². The number of rotatable bonds is 2. The Balaban J connectivity index is 2.58. The predicted octanol–water partition coefficient (Wildman–Crippen LogP) is 2.51. The molecule has 1 aromatic rings. The van der Waals surface area contributed by atoms with E-state index in [2.05, 4.69) is 4.36 Å². The van der Waals surface area contributed by atoms with Gasteiger partial charge in [-0.1, -0.05) is 12.1 Å². The molecule has 17 heavy (non-hydrogen) atoms. The predicted molar refractivity (Wildman–Crippen MR) is 68.7 cm³/mol. The highest BCUT2D eigenvalue weighted by Crippen LogP contribution is 2.29. The molecule has 0 aliphatic carbocycles. The maximum absolute atomic E-state index is 12.2. The number of hydrogen-bond donors (Lipinski definition) is 0. The monoisotopic (exact) mass is 293 g/mol. The maximum Gasteiger partial charge on any atom is 0.263 e. The Morgan fingerprint density at radius 3 is 2.35 bits per heavy atom. The Labute approximate surface area is 106 Å². The molecule has 0 N–H and O–H groups in total. The quantitative estimate of drug-likeness (QED) is 0.787. The van der Waals surface area contributed by atoms with Crippen molar-refractivity contribution in [3.05, 3.63) is 24.3 Å². The van der Waals surface area contributed by atoms with Crippen LogP contribution in [0.1, 0.15) is 12.8 Å². The summed E-state index contributed by atoms with van der Waals surface area (Å²) < 4.78 is 39.0. The van der Waals surface area contributed by atoms with Crippen molar-refractivity contribution in [2.45, 2.75) is 17.7 Å². The van der Waals surface area contributed by atoms with Gasteiger partial charge in [-0.2, -0.15) is 4.36 Å². The Kier molecular flexibility index (Phi) is 3.47. The number of benzene rings is 1. The lowest BCUT2D eigenvalue weighted by molar-refractivity contribution is 0.610. The largest absolute Gasteiger partial charge is 0.263 e. The van der Waals surface area contributed by atoms with Gasteiger partial charge >= 0.3 is 0 Å². The smallest absolute Gasteiger partial charge is 0.249 e. The van der Waals surface area contributed by atoms with E-state index in [1.54, 1.807) is 12.1 Å². The van der Waals surface area contributed by atoms with Crippen LogP contribution in [0.15, 0.2) is 33.5 Å². The van der Waals surface area contributed by atoms with Gasteiger partial charge in [0.25, 0.3) is 9.05 Å². The van der Waals surface area contributed by atoms with Crippen LogP contribution in [0.5, 0.6) is 0 Å². The molecule has 0 spiro atoms. The highest BCUT2D eigenvalue weighted by atomic mass is 35.7. The van der Waals surface area contributed by atoms with Gasteiger partial charge in [-0.3, -0.25) is 0 Å². The summed E-state index contributed by atoms with van der Waals surface area (Å²) >= 11 is 0. The standard InChI is InChI=1S/C10H12ClNO3S2/c11-17(14,15)10-6-2-1-5-9(10)12-16(13)7-3-4-8-16/h1-2,5-6H,3-4,7-8H2. The molecule has 4 nitrogen and oxygen atoms in total. The van der Waals surface area contributed by atoms with Gasteiger partial charge in [-0.15, -0.1) is 0 Å². The molecular formula is C10H12ClNO3S2. The molecule has 1 aliphatic rings. The summed E-state index contributed by atoms with van der Waals surface area (Å²) in [5, 5.41) is 0. The van der Waals surface area contributed by atoms with E-state index < -0.39 is 18.8 Å². The fourth-order valence-electron chi connectivity index (χ4n) is 1.77. The van der Waals surface area contributed by atoms with Gasteiger partial charge in [-0.25, -0.2) is 12.6 Å². The first-order chi connectivity index (χ1) is 7.91. The third kappa shape index (κ3) is 3.00. The molecule has 0 amide bonds. The van der Waals surface area contributed by atoms with Crippen LogP contribution in [0.3, 0.4) is 0 Å². The Hall–Kier alpha value is -0.590. The van der Waals surface area contributed by atoms with Crippen LogP contribution in [-0.2, 0) is 18.8 Å².